The van der Waals surface area contributed by atoms with E-state index in [1.54, 1.807) is 20.8 Å². The highest BCUT2D eigenvalue weighted by Crippen LogP contribution is 2.17. The maximum atomic E-state index is 11.5. The van der Waals surface area contributed by atoms with Gasteiger partial charge in [-0.1, -0.05) is 13.8 Å². The summed E-state index contributed by atoms with van der Waals surface area (Å²) in [5, 5.41) is 8.89. The van der Waals surface area contributed by atoms with Crippen molar-refractivity contribution in [2.45, 2.75) is 46.6 Å². The van der Waals surface area contributed by atoms with Crippen LogP contribution >= 0.6 is 0 Å². The van der Waals surface area contributed by atoms with Gasteiger partial charge in [-0.05, 0) is 33.1 Å². The van der Waals surface area contributed by atoms with Crippen LogP contribution in [-0.4, -0.2) is 22.6 Å². The monoisotopic (exact) mass is 216 g/mol. The summed E-state index contributed by atoms with van der Waals surface area (Å²) in [6.45, 7) is 8.91. The third kappa shape index (κ3) is 6.10. The van der Waals surface area contributed by atoms with Crippen molar-refractivity contribution in [2.75, 3.05) is 0 Å². The van der Waals surface area contributed by atoms with E-state index in [1.165, 1.54) is 0 Å². The minimum atomic E-state index is -1.11. The molecule has 0 aliphatic carbocycles. The van der Waals surface area contributed by atoms with Gasteiger partial charge in [-0.15, -0.1) is 0 Å². The average Bonchev–Trinajstić information content (AvgIpc) is 1.95. The molecule has 4 heteroatoms. The molecule has 0 unspecified atom stereocenters. The third-order valence-electron chi connectivity index (χ3n) is 1.70. The molecule has 0 aliphatic rings. The zero-order valence-corrected chi connectivity index (χ0v) is 10.0. The molecular formula is C11H20O4. The predicted molar refractivity (Wildman–Crippen MR) is 56.4 cm³/mol. The fourth-order valence-corrected chi connectivity index (χ4v) is 1.14. The number of aliphatic carboxylic acids is 1. The number of rotatable bonds is 4. The summed E-state index contributed by atoms with van der Waals surface area (Å²) in [5.74, 6) is -2.66. The van der Waals surface area contributed by atoms with E-state index in [2.05, 4.69) is 0 Å². The lowest BCUT2D eigenvalue weighted by Crippen LogP contribution is -2.33. The summed E-state index contributed by atoms with van der Waals surface area (Å²) in [6, 6.07) is 0. The highest BCUT2D eigenvalue weighted by Gasteiger charge is 2.31. The summed E-state index contributed by atoms with van der Waals surface area (Å²) in [6.07, 6.45) is 0.310. The predicted octanol–water partition coefficient (Wildman–Crippen LogP) is 2.07. The highest BCUT2D eigenvalue weighted by molar-refractivity contribution is 5.94. The van der Waals surface area contributed by atoms with Gasteiger partial charge in [0.05, 0.1) is 0 Å². The minimum Gasteiger partial charge on any atom is -0.481 e. The Labute approximate surface area is 90.6 Å². The maximum Gasteiger partial charge on any atom is 0.320 e. The summed E-state index contributed by atoms with van der Waals surface area (Å²) in [5.41, 5.74) is -0.637. The summed E-state index contributed by atoms with van der Waals surface area (Å²) in [4.78, 5) is 22.4. The number of hydrogen-bond acceptors (Lipinski definition) is 3. The van der Waals surface area contributed by atoms with Crippen LogP contribution in [0.2, 0.25) is 0 Å². The smallest absolute Gasteiger partial charge is 0.320 e. The molecule has 0 saturated carbocycles. The molecule has 0 bridgehead atoms. The number of carbonyl (C=O) groups excluding carboxylic acids is 1. The van der Waals surface area contributed by atoms with E-state index in [0.29, 0.717) is 6.42 Å². The number of carboxylic acid groups (broad SMARTS) is 1. The molecule has 0 aromatic rings. The van der Waals surface area contributed by atoms with E-state index in [4.69, 9.17) is 9.84 Å². The van der Waals surface area contributed by atoms with Gasteiger partial charge in [-0.25, -0.2) is 0 Å². The van der Waals surface area contributed by atoms with Gasteiger partial charge in [0.25, 0.3) is 0 Å². The molecule has 88 valence electrons. The van der Waals surface area contributed by atoms with Gasteiger partial charge in [0.1, 0.15) is 5.60 Å². The van der Waals surface area contributed by atoms with Gasteiger partial charge in [-0.3, -0.25) is 9.59 Å². The molecule has 0 fully saturated rings. The van der Waals surface area contributed by atoms with Crippen LogP contribution < -0.4 is 0 Å². The minimum absolute atomic E-state index is 0.151. The molecule has 0 heterocycles. The van der Waals surface area contributed by atoms with Gasteiger partial charge in [0.15, 0.2) is 5.92 Å². The number of hydrogen-bond donors (Lipinski definition) is 1. The van der Waals surface area contributed by atoms with Crippen LogP contribution in [0.3, 0.4) is 0 Å². The van der Waals surface area contributed by atoms with Gasteiger partial charge in [0.2, 0.25) is 0 Å². The number of carbonyl (C=O) groups is 2. The van der Waals surface area contributed by atoms with Crippen molar-refractivity contribution in [1.82, 2.24) is 0 Å². The van der Waals surface area contributed by atoms with E-state index in [1.807, 2.05) is 13.8 Å². The van der Waals surface area contributed by atoms with E-state index < -0.39 is 23.5 Å². The zero-order valence-electron chi connectivity index (χ0n) is 10.0. The molecule has 0 spiro atoms. The van der Waals surface area contributed by atoms with Crippen LogP contribution in [-0.2, 0) is 14.3 Å². The van der Waals surface area contributed by atoms with Crippen molar-refractivity contribution in [1.29, 1.82) is 0 Å². The summed E-state index contributed by atoms with van der Waals surface area (Å²) < 4.78 is 5.04. The number of ether oxygens (including phenoxy) is 1. The van der Waals surface area contributed by atoms with Gasteiger partial charge in [0, 0.05) is 0 Å². The Morgan fingerprint density at radius 2 is 1.73 bits per heavy atom. The fraction of sp³-hybridized carbons (Fsp3) is 0.818. The molecule has 0 aromatic carbocycles. The van der Waals surface area contributed by atoms with Crippen LogP contribution in [0.15, 0.2) is 0 Å². The highest BCUT2D eigenvalue weighted by atomic mass is 16.6. The van der Waals surface area contributed by atoms with Crippen molar-refractivity contribution in [3.8, 4) is 0 Å². The topological polar surface area (TPSA) is 63.6 Å². The first-order chi connectivity index (χ1) is 6.63. The second-order valence-electron chi connectivity index (χ2n) is 5.05. The van der Waals surface area contributed by atoms with E-state index in [9.17, 15) is 9.59 Å². The molecule has 4 nitrogen and oxygen atoms in total. The second kappa shape index (κ2) is 5.14. The molecule has 0 radical (unpaired) electrons. The lowest BCUT2D eigenvalue weighted by molar-refractivity contribution is -0.167. The SMILES string of the molecule is CC(C)C[C@H](C(=O)O)C(=O)OC(C)(C)C. The Morgan fingerprint density at radius 1 is 1.27 bits per heavy atom. The molecule has 0 aliphatic heterocycles. The van der Waals surface area contributed by atoms with Crippen molar-refractivity contribution >= 4 is 11.9 Å². The Balaban J connectivity index is 4.50. The average molecular weight is 216 g/mol. The standard InChI is InChI=1S/C11H20O4/c1-7(2)6-8(9(12)13)10(14)15-11(3,4)5/h7-8H,6H2,1-5H3,(H,12,13)/t8-/m1/s1. The summed E-state index contributed by atoms with van der Waals surface area (Å²) >= 11 is 0. The normalized spacial score (nSPS) is 13.7. The number of carboxylic acids is 1. The van der Waals surface area contributed by atoms with Gasteiger partial charge < -0.3 is 9.84 Å². The van der Waals surface area contributed by atoms with Crippen molar-refractivity contribution < 1.29 is 19.4 Å². The first kappa shape index (κ1) is 13.9. The summed E-state index contributed by atoms with van der Waals surface area (Å²) in [7, 11) is 0. The van der Waals surface area contributed by atoms with Crippen LogP contribution in [0, 0.1) is 11.8 Å². The Kier molecular flexibility index (Phi) is 4.78. The molecule has 1 N–H and O–H groups in total. The lowest BCUT2D eigenvalue weighted by Gasteiger charge is -2.22. The van der Waals surface area contributed by atoms with Gasteiger partial charge in [-0.2, -0.15) is 0 Å². The Hall–Kier alpha value is -1.06. The van der Waals surface area contributed by atoms with E-state index >= 15 is 0 Å². The Morgan fingerprint density at radius 3 is 2.00 bits per heavy atom. The van der Waals surface area contributed by atoms with Gasteiger partial charge >= 0.3 is 11.9 Å². The Bertz CT molecular complexity index is 237. The zero-order chi connectivity index (χ0) is 12.2. The molecule has 1 atom stereocenters. The molecule has 0 aromatic heterocycles. The lowest BCUT2D eigenvalue weighted by atomic mass is 9.97. The first-order valence-corrected chi connectivity index (χ1v) is 5.09. The molecule has 0 amide bonds. The second-order valence-corrected chi connectivity index (χ2v) is 5.05. The van der Waals surface area contributed by atoms with Crippen molar-refractivity contribution in [3.63, 3.8) is 0 Å². The van der Waals surface area contributed by atoms with Crippen molar-refractivity contribution in [3.05, 3.63) is 0 Å². The molecule has 0 rings (SSSR count). The van der Waals surface area contributed by atoms with Crippen LogP contribution in [0.1, 0.15) is 41.0 Å². The largest absolute Gasteiger partial charge is 0.481 e. The third-order valence-corrected chi connectivity index (χ3v) is 1.70. The molecular weight excluding hydrogens is 196 g/mol. The fourth-order valence-electron chi connectivity index (χ4n) is 1.14. The molecule has 0 saturated heterocycles. The first-order valence-electron chi connectivity index (χ1n) is 5.09. The number of esters is 1. The van der Waals surface area contributed by atoms with Crippen LogP contribution in [0.4, 0.5) is 0 Å². The van der Waals surface area contributed by atoms with E-state index in [-0.39, 0.29) is 5.92 Å². The van der Waals surface area contributed by atoms with Crippen LogP contribution in [0.25, 0.3) is 0 Å². The quantitative estimate of drug-likeness (QED) is 0.577. The van der Waals surface area contributed by atoms with Crippen LogP contribution in [0.5, 0.6) is 0 Å². The van der Waals surface area contributed by atoms with Crippen molar-refractivity contribution in [2.24, 2.45) is 11.8 Å². The van der Waals surface area contributed by atoms with E-state index in [0.717, 1.165) is 0 Å². The maximum absolute atomic E-state index is 11.5. The molecule has 15 heavy (non-hydrogen) atoms.